The summed E-state index contributed by atoms with van der Waals surface area (Å²) >= 11 is 0. The Hall–Kier alpha value is -3.68. The third-order valence-electron chi connectivity index (χ3n) is 6.21. The topological polar surface area (TPSA) is 71.6 Å². The molecule has 0 unspecified atom stereocenters. The second kappa shape index (κ2) is 8.59. The highest BCUT2D eigenvalue weighted by Gasteiger charge is 2.25. The van der Waals surface area contributed by atoms with Crippen LogP contribution in [0.3, 0.4) is 0 Å². The number of carbonyl (C=O) groups is 1. The fraction of sp³-hybridized carbons (Fsp3) is 0.385. The van der Waals surface area contributed by atoms with E-state index >= 15 is 0 Å². The van der Waals surface area contributed by atoms with E-state index in [2.05, 4.69) is 60.1 Å². The standard InChI is InChI=1S/C26H31N7O/c1-26(2,3)15-24(34)32-13-11-31(12-14-32)21-7-5-19(6-8-21)25-23-9-10-27-33(23)18-22(29-25)20-16-28-30(4)17-20/h5-10,16-18H,11-15H2,1-4H3. The molecule has 4 heterocycles. The maximum Gasteiger partial charge on any atom is 0.223 e. The molecule has 0 spiro atoms. The zero-order chi connectivity index (χ0) is 23.9. The molecule has 1 aliphatic rings. The minimum absolute atomic E-state index is 0.0212. The average Bonchev–Trinajstić information content (AvgIpc) is 3.46. The van der Waals surface area contributed by atoms with Crippen molar-refractivity contribution in [1.82, 2.24) is 29.3 Å². The number of anilines is 1. The monoisotopic (exact) mass is 457 g/mol. The smallest absolute Gasteiger partial charge is 0.223 e. The van der Waals surface area contributed by atoms with Crippen molar-refractivity contribution < 1.29 is 4.79 Å². The largest absolute Gasteiger partial charge is 0.368 e. The van der Waals surface area contributed by atoms with Gasteiger partial charge in [-0.05, 0) is 23.6 Å². The van der Waals surface area contributed by atoms with Crippen LogP contribution in [0.15, 0.2) is 55.1 Å². The predicted octanol–water partition coefficient (Wildman–Crippen LogP) is 3.88. The first-order chi connectivity index (χ1) is 16.3. The Morgan fingerprint density at radius 2 is 1.68 bits per heavy atom. The van der Waals surface area contributed by atoms with Gasteiger partial charge < -0.3 is 9.80 Å². The lowest BCUT2D eigenvalue weighted by atomic mass is 9.91. The minimum Gasteiger partial charge on any atom is -0.368 e. The third-order valence-corrected chi connectivity index (χ3v) is 6.21. The summed E-state index contributed by atoms with van der Waals surface area (Å²) in [6.07, 6.45) is 8.09. The highest BCUT2D eigenvalue weighted by atomic mass is 16.2. The van der Waals surface area contributed by atoms with E-state index in [1.165, 1.54) is 5.69 Å². The van der Waals surface area contributed by atoms with Crippen molar-refractivity contribution in [2.75, 3.05) is 31.1 Å². The molecule has 1 aliphatic heterocycles. The van der Waals surface area contributed by atoms with E-state index in [0.717, 1.165) is 54.2 Å². The Kier molecular flexibility index (Phi) is 5.59. The van der Waals surface area contributed by atoms with Gasteiger partial charge in [-0.1, -0.05) is 32.9 Å². The van der Waals surface area contributed by atoms with E-state index in [0.29, 0.717) is 6.42 Å². The first-order valence-electron chi connectivity index (χ1n) is 11.7. The van der Waals surface area contributed by atoms with Crippen molar-refractivity contribution in [3.8, 4) is 22.5 Å². The van der Waals surface area contributed by atoms with Crippen molar-refractivity contribution in [2.45, 2.75) is 27.2 Å². The Morgan fingerprint density at radius 1 is 0.941 bits per heavy atom. The molecule has 1 saturated heterocycles. The van der Waals surface area contributed by atoms with Gasteiger partial charge in [0.2, 0.25) is 5.91 Å². The number of amides is 1. The molecule has 5 rings (SSSR count). The maximum atomic E-state index is 12.6. The lowest BCUT2D eigenvalue weighted by Crippen LogP contribution is -2.49. The summed E-state index contributed by atoms with van der Waals surface area (Å²) in [5, 5.41) is 8.72. The van der Waals surface area contributed by atoms with Gasteiger partial charge in [0.25, 0.3) is 0 Å². The Balaban J connectivity index is 1.34. The van der Waals surface area contributed by atoms with Crippen molar-refractivity contribution >= 4 is 17.1 Å². The van der Waals surface area contributed by atoms with Crippen LogP contribution in [0.4, 0.5) is 5.69 Å². The van der Waals surface area contributed by atoms with Crippen LogP contribution >= 0.6 is 0 Å². The highest BCUT2D eigenvalue weighted by molar-refractivity contribution is 5.80. The SMILES string of the molecule is Cn1cc(-c2cn3nccc3c(-c3ccc(N4CCN(C(=O)CC(C)(C)C)CC4)cc3)n2)cn1. The normalized spacial score (nSPS) is 14.7. The van der Waals surface area contributed by atoms with Gasteiger partial charge in [-0.15, -0.1) is 0 Å². The van der Waals surface area contributed by atoms with Gasteiger partial charge >= 0.3 is 0 Å². The number of aromatic nitrogens is 5. The fourth-order valence-corrected chi connectivity index (χ4v) is 4.44. The average molecular weight is 458 g/mol. The number of rotatable bonds is 4. The van der Waals surface area contributed by atoms with Crippen LogP contribution in [-0.2, 0) is 11.8 Å². The number of aryl methyl sites for hydroxylation is 1. The van der Waals surface area contributed by atoms with E-state index in [9.17, 15) is 4.79 Å². The van der Waals surface area contributed by atoms with Crippen LogP contribution in [-0.4, -0.2) is 61.4 Å². The molecule has 4 aromatic rings. The van der Waals surface area contributed by atoms with Crippen molar-refractivity contribution in [3.63, 3.8) is 0 Å². The molecule has 3 aromatic heterocycles. The number of hydrogen-bond donors (Lipinski definition) is 0. The highest BCUT2D eigenvalue weighted by Crippen LogP contribution is 2.29. The molecule has 34 heavy (non-hydrogen) atoms. The summed E-state index contributed by atoms with van der Waals surface area (Å²) in [5.41, 5.74) is 5.87. The van der Waals surface area contributed by atoms with Gasteiger partial charge in [-0.2, -0.15) is 10.2 Å². The van der Waals surface area contributed by atoms with Crippen molar-refractivity contribution in [2.24, 2.45) is 12.5 Å². The number of carbonyl (C=O) groups excluding carboxylic acids is 1. The molecule has 0 radical (unpaired) electrons. The summed E-state index contributed by atoms with van der Waals surface area (Å²) in [4.78, 5) is 21.9. The number of benzene rings is 1. The van der Waals surface area contributed by atoms with Gasteiger partial charge in [0.05, 0.1) is 35.5 Å². The van der Waals surface area contributed by atoms with Crippen LogP contribution in [0.2, 0.25) is 0 Å². The van der Waals surface area contributed by atoms with E-state index in [1.54, 1.807) is 10.9 Å². The molecule has 1 aromatic carbocycles. The van der Waals surface area contributed by atoms with E-state index in [4.69, 9.17) is 4.98 Å². The predicted molar refractivity (Wildman–Crippen MR) is 133 cm³/mol. The Bertz CT molecular complexity index is 1310. The molecular formula is C26H31N7O. The lowest BCUT2D eigenvalue weighted by Gasteiger charge is -2.37. The van der Waals surface area contributed by atoms with Crippen molar-refractivity contribution in [3.05, 3.63) is 55.1 Å². The Morgan fingerprint density at radius 3 is 2.32 bits per heavy atom. The van der Waals surface area contributed by atoms with Crippen LogP contribution in [0.5, 0.6) is 0 Å². The molecule has 1 amide bonds. The fourth-order valence-electron chi connectivity index (χ4n) is 4.44. The number of fused-ring (bicyclic) bond motifs is 1. The van der Waals surface area contributed by atoms with Crippen LogP contribution in [0, 0.1) is 5.41 Å². The van der Waals surface area contributed by atoms with Gasteiger partial charge in [0.1, 0.15) is 0 Å². The molecule has 0 bridgehead atoms. The van der Waals surface area contributed by atoms with Crippen LogP contribution < -0.4 is 4.90 Å². The van der Waals surface area contributed by atoms with Gasteiger partial charge in [0.15, 0.2) is 0 Å². The quantitative estimate of drug-likeness (QED) is 0.465. The maximum absolute atomic E-state index is 12.6. The summed E-state index contributed by atoms with van der Waals surface area (Å²) in [5.74, 6) is 0.256. The van der Waals surface area contributed by atoms with Crippen molar-refractivity contribution in [1.29, 1.82) is 0 Å². The second-order valence-corrected chi connectivity index (χ2v) is 10.2. The number of nitrogens with zero attached hydrogens (tertiary/aromatic N) is 7. The first kappa shape index (κ1) is 22.1. The van der Waals surface area contributed by atoms with E-state index in [1.807, 2.05) is 41.1 Å². The zero-order valence-electron chi connectivity index (χ0n) is 20.3. The Labute approximate surface area is 199 Å². The second-order valence-electron chi connectivity index (χ2n) is 10.2. The molecule has 0 aliphatic carbocycles. The molecule has 1 fully saturated rings. The van der Waals surface area contributed by atoms with E-state index in [-0.39, 0.29) is 11.3 Å². The molecular weight excluding hydrogens is 426 g/mol. The number of piperazine rings is 1. The lowest BCUT2D eigenvalue weighted by molar-refractivity contribution is -0.133. The molecule has 8 nitrogen and oxygen atoms in total. The molecule has 176 valence electrons. The molecule has 8 heteroatoms. The first-order valence-corrected chi connectivity index (χ1v) is 11.7. The van der Waals surface area contributed by atoms with E-state index < -0.39 is 0 Å². The molecule has 0 saturated carbocycles. The zero-order valence-corrected chi connectivity index (χ0v) is 20.3. The summed E-state index contributed by atoms with van der Waals surface area (Å²) in [6, 6.07) is 10.5. The van der Waals surface area contributed by atoms with Gasteiger partial charge in [-0.3, -0.25) is 9.48 Å². The third kappa shape index (κ3) is 4.53. The van der Waals surface area contributed by atoms with Crippen LogP contribution in [0.1, 0.15) is 27.2 Å². The van der Waals surface area contributed by atoms with Gasteiger partial charge in [-0.25, -0.2) is 9.50 Å². The molecule has 0 atom stereocenters. The number of hydrogen-bond acceptors (Lipinski definition) is 5. The van der Waals surface area contributed by atoms with Crippen LogP contribution in [0.25, 0.3) is 28.0 Å². The minimum atomic E-state index is 0.0212. The summed E-state index contributed by atoms with van der Waals surface area (Å²) in [6.45, 7) is 9.56. The molecule has 0 N–H and O–H groups in total. The summed E-state index contributed by atoms with van der Waals surface area (Å²) in [7, 11) is 1.90. The van der Waals surface area contributed by atoms with Gasteiger partial charge in [0, 0.05) is 62.7 Å². The summed E-state index contributed by atoms with van der Waals surface area (Å²) < 4.78 is 3.64.